The third kappa shape index (κ3) is 3.27. The molecule has 1 saturated carbocycles. The molecule has 4 rings (SSSR count). The van der Waals surface area contributed by atoms with Crippen molar-refractivity contribution in [2.45, 2.75) is 28.9 Å². The second-order valence-electron chi connectivity index (χ2n) is 5.64. The SMILES string of the molecule is Cn1c(Sc2cc(Cl)nc(C3CC3)n2)nnc1-c1cccc(Cl)c1. The second kappa shape index (κ2) is 6.35. The lowest BCUT2D eigenvalue weighted by Gasteiger charge is -2.05. The first-order valence-electron chi connectivity index (χ1n) is 7.48. The maximum Gasteiger partial charge on any atom is 0.197 e. The summed E-state index contributed by atoms with van der Waals surface area (Å²) in [6, 6.07) is 9.31. The average molecular weight is 378 g/mol. The van der Waals surface area contributed by atoms with Gasteiger partial charge in [0.25, 0.3) is 0 Å². The van der Waals surface area contributed by atoms with Gasteiger partial charge in [-0.3, -0.25) is 0 Å². The third-order valence-corrected chi connectivity index (χ3v) is 5.13. The summed E-state index contributed by atoms with van der Waals surface area (Å²) in [6.07, 6.45) is 2.26. The van der Waals surface area contributed by atoms with Crippen LogP contribution in [-0.2, 0) is 7.05 Å². The van der Waals surface area contributed by atoms with Gasteiger partial charge in [0.15, 0.2) is 11.0 Å². The summed E-state index contributed by atoms with van der Waals surface area (Å²) >= 11 is 13.6. The fraction of sp³-hybridized carbons (Fsp3) is 0.250. The molecule has 0 N–H and O–H groups in total. The van der Waals surface area contributed by atoms with Crippen molar-refractivity contribution in [1.82, 2.24) is 24.7 Å². The summed E-state index contributed by atoms with van der Waals surface area (Å²) in [5, 5.41) is 11.2. The number of benzene rings is 1. The fourth-order valence-electron chi connectivity index (χ4n) is 2.37. The number of nitrogens with zero attached hydrogens (tertiary/aromatic N) is 5. The number of aromatic nitrogens is 5. The number of rotatable bonds is 4. The van der Waals surface area contributed by atoms with E-state index >= 15 is 0 Å². The lowest BCUT2D eigenvalue weighted by molar-refractivity contribution is 0.789. The highest BCUT2D eigenvalue weighted by molar-refractivity contribution is 7.99. The summed E-state index contributed by atoms with van der Waals surface area (Å²) < 4.78 is 1.92. The molecule has 1 aliphatic rings. The summed E-state index contributed by atoms with van der Waals surface area (Å²) in [5.74, 6) is 2.02. The van der Waals surface area contributed by atoms with Crippen LogP contribution in [0.1, 0.15) is 24.6 Å². The van der Waals surface area contributed by atoms with Gasteiger partial charge < -0.3 is 4.57 Å². The van der Waals surface area contributed by atoms with Crippen molar-refractivity contribution in [1.29, 1.82) is 0 Å². The van der Waals surface area contributed by atoms with E-state index in [4.69, 9.17) is 23.2 Å². The van der Waals surface area contributed by atoms with Gasteiger partial charge in [0.2, 0.25) is 0 Å². The predicted octanol–water partition coefficient (Wildman–Crippen LogP) is 4.61. The molecule has 0 saturated heterocycles. The minimum absolute atomic E-state index is 0.449. The molecule has 0 aliphatic heterocycles. The minimum atomic E-state index is 0.449. The molecular weight excluding hydrogens is 365 g/mol. The molecule has 3 aromatic rings. The topological polar surface area (TPSA) is 56.5 Å². The highest BCUT2D eigenvalue weighted by Gasteiger charge is 2.27. The Labute approximate surface area is 153 Å². The lowest BCUT2D eigenvalue weighted by atomic mass is 10.2. The standard InChI is InChI=1S/C16H13Cl2N5S/c1-23-15(10-3-2-4-11(17)7-10)21-22-16(23)24-13-8-12(18)19-14(20-13)9-5-6-9/h2-4,7-9H,5-6H2,1H3. The Bertz CT molecular complexity index is 907. The Morgan fingerprint density at radius 2 is 1.96 bits per heavy atom. The van der Waals surface area contributed by atoms with Gasteiger partial charge >= 0.3 is 0 Å². The molecule has 122 valence electrons. The zero-order valence-corrected chi connectivity index (χ0v) is 15.1. The van der Waals surface area contributed by atoms with Crippen LogP contribution >= 0.6 is 35.0 Å². The Kier molecular flexibility index (Phi) is 4.20. The van der Waals surface area contributed by atoms with Crippen molar-refractivity contribution in [2.24, 2.45) is 7.05 Å². The van der Waals surface area contributed by atoms with Crippen LogP contribution in [0.4, 0.5) is 0 Å². The van der Waals surface area contributed by atoms with Crippen LogP contribution in [-0.4, -0.2) is 24.7 Å². The number of hydrogen-bond acceptors (Lipinski definition) is 5. The highest BCUT2D eigenvalue weighted by atomic mass is 35.5. The van der Waals surface area contributed by atoms with Crippen LogP contribution in [0.25, 0.3) is 11.4 Å². The van der Waals surface area contributed by atoms with E-state index in [1.165, 1.54) is 11.8 Å². The molecule has 0 amide bonds. The van der Waals surface area contributed by atoms with E-state index in [-0.39, 0.29) is 0 Å². The van der Waals surface area contributed by atoms with Gasteiger partial charge in [-0.05, 0) is 36.7 Å². The smallest absolute Gasteiger partial charge is 0.197 e. The van der Waals surface area contributed by atoms with Gasteiger partial charge in [-0.1, -0.05) is 35.3 Å². The molecule has 0 radical (unpaired) electrons. The summed E-state index contributed by atoms with van der Waals surface area (Å²) in [4.78, 5) is 8.90. The first kappa shape index (κ1) is 15.9. The van der Waals surface area contributed by atoms with E-state index in [1.54, 1.807) is 6.07 Å². The second-order valence-corrected chi connectivity index (χ2v) is 7.45. The summed E-state index contributed by atoms with van der Waals surface area (Å²) in [5.41, 5.74) is 0.920. The molecular formula is C16H13Cl2N5S. The maximum atomic E-state index is 6.12. The molecule has 0 unspecified atom stereocenters. The van der Waals surface area contributed by atoms with Crippen molar-refractivity contribution in [3.8, 4) is 11.4 Å². The molecule has 0 atom stereocenters. The molecule has 2 aromatic heterocycles. The quantitative estimate of drug-likeness (QED) is 0.621. The van der Waals surface area contributed by atoms with Gasteiger partial charge in [-0.15, -0.1) is 10.2 Å². The zero-order chi connectivity index (χ0) is 16.7. The monoisotopic (exact) mass is 377 g/mol. The van der Waals surface area contributed by atoms with E-state index in [2.05, 4.69) is 20.2 Å². The summed E-state index contributed by atoms with van der Waals surface area (Å²) in [7, 11) is 1.92. The Morgan fingerprint density at radius 1 is 1.12 bits per heavy atom. The van der Waals surface area contributed by atoms with E-state index in [0.29, 0.717) is 16.1 Å². The van der Waals surface area contributed by atoms with Gasteiger partial charge in [0.1, 0.15) is 16.0 Å². The van der Waals surface area contributed by atoms with E-state index in [9.17, 15) is 0 Å². The minimum Gasteiger partial charge on any atom is -0.305 e. The van der Waals surface area contributed by atoms with Crippen LogP contribution in [0.3, 0.4) is 0 Å². The molecule has 0 bridgehead atoms. The molecule has 1 aromatic carbocycles. The average Bonchev–Trinajstić information content (AvgIpc) is 3.33. The number of halogens is 2. The first-order valence-corrected chi connectivity index (χ1v) is 9.05. The highest BCUT2D eigenvalue weighted by Crippen LogP contribution is 2.39. The van der Waals surface area contributed by atoms with Crippen molar-refractivity contribution >= 4 is 35.0 Å². The molecule has 1 aliphatic carbocycles. The third-order valence-electron chi connectivity index (χ3n) is 3.74. The van der Waals surface area contributed by atoms with E-state index in [1.807, 2.05) is 35.9 Å². The van der Waals surface area contributed by atoms with Crippen LogP contribution in [0.15, 0.2) is 40.5 Å². The molecule has 24 heavy (non-hydrogen) atoms. The molecule has 5 nitrogen and oxygen atoms in total. The van der Waals surface area contributed by atoms with E-state index < -0.39 is 0 Å². The molecule has 8 heteroatoms. The molecule has 0 spiro atoms. The van der Waals surface area contributed by atoms with E-state index in [0.717, 1.165) is 40.2 Å². The summed E-state index contributed by atoms with van der Waals surface area (Å²) in [6.45, 7) is 0. The van der Waals surface area contributed by atoms with Crippen molar-refractivity contribution in [2.75, 3.05) is 0 Å². The number of hydrogen-bond donors (Lipinski definition) is 0. The lowest BCUT2D eigenvalue weighted by Crippen LogP contribution is -1.97. The van der Waals surface area contributed by atoms with Gasteiger partial charge in [-0.2, -0.15) is 0 Å². The fourth-order valence-corrected chi connectivity index (χ4v) is 3.61. The van der Waals surface area contributed by atoms with Crippen LogP contribution in [0.5, 0.6) is 0 Å². The van der Waals surface area contributed by atoms with Crippen LogP contribution in [0.2, 0.25) is 10.2 Å². The van der Waals surface area contributed by atoms with Crippen LogP contribution < -0.4 is 0 Å². The zero-order valence-electron chi connectivity index (χ0n) is 12.8. The van der Waals surface area contributed by atoms with Gasteiger partial charge in [-0.25, -0.2) is 9.97 Å². The largest absolute Gasteiger partial charge is 0.305 e. The van der Waals surface area contributed by atoms with Gasteiger partial charge in [0, 0.05) is 29.6 Å². The van der Waals surface area contributed by atoms with Gasteiger partial charge in [0.05, 0.1) is 0 Å². The first-order chi connectivity index (χ1) is 11.6. The molecule has 2 heterocycles. The van der Waals surface area contributed by atoms with Crippen molar-refractivity contribution in [3.05, 3.63) is 46.3 Å². The molecule has 1 fully saturated rings. The Balaban J connectivity index is 1.64. The van der Waals surface area contributed by atoms with Crippen molar-refractivity contribution in [3.63, 3.8) is 0 Å². The Hall–Kier alpha value is -1.63. The normalized spacial score (nSPS) is 14.1. The van der Waals surface area contributed by atoms with Crippen LogP contribution in [0, 0.1) is 0 Å². The Morgan fingerprint density at radius 3 is 2.71 bits per heavy atom. The van der Waals surface area contributed by atoms with Crippen molar-refractivity contribution < 1.29 is 0 Å². The predicted molar refractivity (Wildman–Crippen MR) is 94.6 cm³/mol. The maximum absolute atomic E-state index is 6.12.